The van der Waals surface area contributed by atoms with Crippen LogP contribution in [0.2, 0.25) is 0 Å². The maximum Gasteiger partial charge on any atom is 0.407 e. The van der Waals surface area contributed by atoms with Crippen molar-refractivity contribution >= 4 is 70.9 Å². The number of nitrogens with zero attached hydrogens (tertiary/aromatic N) is 2. The fourth-order valence-electron chi connectivity index (χ4n) is 3.63. The van der Waals surface area contributed by atoms with Gasteiger partial charge in [-0.15, -0.1) is 0 Å². The number of anilines is 2. The van der Waals surface area contributed by atoms with Gasteiger partial charge in [-0.05, 0) is 80.1 Å². The number of rotatable bonds is 5. The van der Waals surface area contributed by atoms with E-state index >= 15 is 0 Å². The van der Waals surface area contributed by atoms with Gasteiger partial charge in [0.15, 0.2) is 0 Å². The number of amides is 1. The summed E-state index contributed by atoms with van der Waals surface area (Å²) >= 11 is 3.16. The molecular weight excluding hydrogens is 594 g/mol. The van der Waals surface area contributed by atoms with E-state index in [4.69, 9.17) is 4.74 Å². The maximum absolute atomic E-state index is 14.5. The predicted octanol–water partition coefficient (Wildman–Crippen LogP) is 5.07. The third-order valence-electron chi connectivity index (χ3n) is 5.07. The summed E-state index contributed by atoms with van der Waals surface area (Å²) in [6.45, 7) is 5.63. The summed E-state index contributed by atoms with van der Waals surface area (Å²) in [6.07, 6.45) is 1.45. The number of halogens is 2. The minimum atomic E-state index is -3.97. The first-order valence-electron chi connectivity index (χ1n) is 10.5. The van der Waals surface area contributed by atoms with Crippen molar-refractivity contribution < 1.29 is 22.3 Å². The van der Waals surface area contributed by atoms with Gasteiger partial charge < -0.3 is 15.4 Å². The molecule has 8 nitrogen and oxygen atoms in total. The number of hydrogen-bond donors (Lipinski definition) is 2. The van der Waals surface area contributed by atoms with Gasteiger partial charge >= 0.3 is 6.09 Å². The van der Waals surface area contributed by atoms with Gasteiger partial charge in [0.25, 0.3) is 0 Å². The molecule has 182 valence electrons. The van der Waals surface area contributed by atoms with E-state index in [9.17, 15) is 17.6 Å². The van der Waals surface area contributed by atoms with E-state index in [0.29, 0.717) is 16.6 Å². The van der Waals surface area contributed by atoms with Crippen LogP contribution in [0.3, 0.4) is 0 Å². The largest absolute Gasteiger partial charge is 0.444 e. The van der Waals surface area contributed by atoms with Gasteiger partial charge in [0.1, 0.15) is 26.1 Å². The minimum absolute atomic E-state index is 0.0523. The lowest BCUT2D eigenvalue weighted by Gasteiger charge is -2.22. The Labute approximate surface area is 215 Å². The Hall–Kier alpha value is -2.03. The zero-order valence-corrected chi connectivity index (χ0v) is 22.6. The molecule has 0 unspecified atom stereocenters. The summed E-state index contributed by atoms with van der Waals surface area (Å²) in [6, 6.07) is 7.66. The standard InChI is InChI=1S/C22H24FIN4O4S2/c1-22(2,3)32-21(29)26-14-8-10-28(12-14)34(30,31)18-15-5-4-9-25-19(15)33-20(18)27-17-7-6-13(24)11-16(17)23/h4-7,9,11,14,27H,8,10,12H2,1-3H3,(H,26,29)/t14-/m1/s1. The van der Waals surface area contributed by atoms with Crippen LogP contribution in [-0.2, 0) is 14.8 Å². The summed E-state index contributed by atoms with van der Waals surface area (Å²) in [7, 11) is -3.97. The molecule has 4 rings (SSSR count). The average Bonchev–Trinajstić information content (AvgIpc) is 3.33. The van der Waals surface area contributed by atoms with Gasteiger partial charge in [-0.25, -0.2) is 22.6 Å². The molecule has 0 bridgehead atoms. The first-order chi connectivity index (χ1) is 15.9. The molecule has 1 saturated heterocycles. The SMILES string of the molecule is CC(C)(C)OC(=O)N[C@@H]1CCN(S(=O)(=O)c2c(Nc3ccc(I)cc3F)sc3ncccc23)C1. The lowest BCUT2D eigenvalue weighted by Crippen LogP contribution is -2.41. The van der Waals surface area contributed by atoms with E-state index in [0.717, 1.165) is 14.9 Å². The van der Waals surface area contributed by atoms with E-state index in [1.54, 1.807) is 51.2 Å². The summed E-state index contributed by atoms with van der Waals surface area (Å²) < 4.78 is 49.4. The highest BCUT2D eigenvalue weighted by atomic mass is 127. The Morgan fingerprint density at radius 3 is 2.79 bits per heavy atom. The van der Waals surface area contributed by atoms with Crippen molar-refractivity contribution in [3.8, 4) is 0 Å². The van der Waals surface area contributed by atoms with Gasteiger partial charge in [0.2, 0.25) is 10.0 Å². The van der Waals surface area contributed by atoms with Gasteiger partial charge in [-0.3, -0.25) is 0 Å². The number of nitrogens with one attached hydrogen (secondary N) is 2. The van der Waals surface area contributed by atoms with Crippen molar-refractivity contribution in [1.82, 2.24) is 14.6 Å². The molecule has 0 aliphatic carbocycles. The molecule has 12 heteroatoms. The Morgan fingerprint density at radius 1 is 1.32 bits per heavy atom. The van der Waals surface area contributed by atoms with E-state index in [1.165, 1.54) is 10.4 Å². The number of carbonyl (C=O) groups is 1. The lowest BCUT2D eigenvalue weighted by atomic mass is 10.2. The van der Waals surface area contributed by atoms with Crippen molar-refractivity contribution in [3.63, 3.8) is 0 Å². The number of ether oxygens (including phenoxy) is 1. The van der Waals surface area contributed by atoms with E-state index < -0.39 is 27.5 Å². The molecule has 0 radical (unpaired) electrons. The molecule has 0 spiro atoms. The van der Waals surface area contributed by atoms with Crippen molar-refractivity contribution in [2.75, 3.05) is 18.4 Å². The van der Waals surface area contributed by atoms with Crippen LogP contribution >= 0.6 is 33.9 Å². The molecule has 1 aromatic carbocycles. The van der Waals surface area contributed by atoms with Crippen LogP contribution in [0.15, 0.2) is 41.4 Å². The highest BCUT2D eigenvalue weighted by Crippen LogP contribution is 2.41. The number of sulfonamides is 1. The number of carbonyl (C=O) groups excluding carboxylic acids is 1. The molecule has 0 saturated carbocycles. The average molecular weight is 618 g/mol. The number of pyridine rings is 1. The maximum atomic E-state index is 14.5. The Morgan fingerprint density at radius 2 is 2.09 bits per heavy atom. The number of fused-ring (bicyclic) bond motifs is 1. The number of thiophene rings is 1. The smallest absolute Gasteiger partial charge is 0.407 e. The molecule has 1 aliphatic heterocycles. The molecule has 2 aromatic heterocycles. The zero-order valence-electron chi connectivity index (χ0n) is 18.8. The molecule has 1 atom stereocenters. The molecule has 1 fully saturated rings. The first kappa shape index (κ1) is 25.1. The molecule has 1 aliphatic rings. The summed E-state index contributed by atoms with van der Waals surface area (Å²) in [5.41, 5.74) is -0.475. The van der Waals surface area contributed by atoms with E-state index in [1.807, 2.05) is 22.6 Å². The lowest BCUT2D eigenvalue weighted by molar-refractivity contribution is 0.0507. The minimum Gasteiger partial charge on any atom is -0.444 e. The van der Waals surface area contributed by atoms with Crippen LogP contribution in [-0.4, -0.2) is 48.5 Å². The van der Waals surface area contributed by atoms with Gasteiger partial charge in [0.05, 0.1) is 5.69 Å². The van der Waals surface area contributed by atoms with Crippen LogP contribution in [0, 0.1) is 9.39 Å². The van der Waals surface area contributed by atoms with Crippen molar-refractivity contribution in [2.45, 2.75) is 43.7 Å². The van der Waals surface area contributed by atoms with Crippen LogP contribution in [0.5, 0.6) is 0 Å². The van der Waals surface area contributed by atoms with Crippen molar-refractivity contribution in [2.24, 2.45) is 0 Å². The predicted molar refractivity (Wildman–Crippen MR) is 139 cm³/mol. The third-order valence-corrected chi connectivity index (χ3v) is 8.85. The third kappa shape index (κ3) is 5.44. The first-order valence-corrected chi connectivity index (χ1v) is 13.9. The summed E-state index contributed by atoms with van der Waals surface area (Å²) in [5, 5.41) is 6.46. The van der Waals surface area contributed by atoms with Crippen LogP contribution < -0.4 is 10.6 Å². The van der Waals surface area contributed by atoms with Gasteiger partial charge in [-0.2, -0.15) is 4.31 Å². The molecule has 1 amide bonds. The number of aromatic nitrogens is 1. The number of alkyl carbamates (subject to hydrolysis) is 1. The van der Waals surface area contributed by atoms with Crippen molar-refractivity contribution in [3.05, 3.63) is 45.9 Å². The van der Waals surface area contributed by atoms with Gasteiger partial charge in [-0.1, -0.05) is 11.3 Å². The van der Waals surface area contributed by atoms with Gasteiger partial charge in [0, 0.05) is 34.3 Å². The van der Waals surface area contributed by atoms with Crippen molar-refractivity contribution in [1.29, 1.82) is 0 Å². The second-order valence-corrected chi connectivity index (χ2v) is 13.0. The number of benzene rings is 1. The zero-order chi connectivity index (χ0) is 24.7. The summed E-state index contributed by atoms with van der Waals surface area (Å²) in [4.78, 5) is 17.0. The van der Waals surface area contributed by atoms with E-state index in [-0.39, 0.29) is 34.7 Å². The molecule has 3 heterocycles. The molecule has 3 aromatic rings. The fourth-order valence-corrected chi connectivity index (χ4v) is 7.25. The van der Waals surface area contributed by atoms with Crippen LogP contribution in [0.4, 0.5) is 19.9 Å². The monoisotopic (exact) mass is 618 g/mol. The second-order valence-electron chi connectivity index (χ2n) is 8.86. The number of hydrogen-bond acceptors (Lipinski definition) is 7. The highest BCUT2D eigenvalue weighted by Gasteiger charge is 2.37. The molecular formula is C22H24FIN4O4S2. The van der Waals surface area contributed by atoms with Crippen LogP contribution in [0.1, 0.15) is 27.2 Å². The van der Waals surface area contributed by atoms with Crippen LogP contribution in [0.25, 0.3) is 10.2 Å². The van der Waals surface area contributed by atoms with E-state index in [2.05, 4.69) is 15.6 Å². The molecule has 34 heavy (non-hydrogen) atoms. The quantitative estimate of drug-likeness (QED) is 0.388. The Bertz CT molecular complexity index is 1340. The fraction of sp³-hybridized carbons (Fsp3) is 0.364. The second kappa shape index (κ2) is 9.55. The highest BCUT2D eigenvalue weighted by molar-refractivity contribution is 14.1. The molecule has 2 N–H and O–H groups in total. The topological polar surface area (TPSA) is 101 Å². The Balaban J connectivity index is 1.63. The Kier molecular flexibility index (Phi) is 7.04. The normalized spacial score (nSPS) is 17.1. The summed E-state index contributed by atoms with van der Waals surface area (Å²) in [5.74, 6) is -0.483.